The lowest BCUT2D eigenvalue weighted by Gasteiger charge is -2.09. The Bertz CT molecular complexity index is 1010. The number of nitrogens with zero attached hydrogens (tertiary/aromatic N) is 2. The van der Waals surface area contributed by atoms with Crippen LogP contribution in [0.2, 0.25) is 5.02 Å². The fourth-order valence-corrected chi connectivity index (χ4v) is 3.65. The van der Waals surface area contributed by atoms with E-state index in [9.17, 15) is 0 Å². The smallest absolute Gasteiger partial charge is 0.180 e. The normalized spacial score (nSPS) is 11.7. The summed E-state index contributed by atoms with van der Waals surface area (Å²) in [6.45, 7) is 0.404. The number of hydrogen-bond acceptors (Lipinski definition) is 4. The SMILES string of the molecule is NC(=NN=Cc1cc(Br)ccc1OCc1cccc(Cl)c1)SCc1ccccc1. The molecule has 0 amide bonds. The highest BCUT2D eigenvalue weighted by molar-refractivity contribution is 9.10. The molecule has 0 aliphatic rings. The maximum atomic E-state index is 6.03. The van der Waals surface area contributed by atoms with Gasteiger partial charge in [-0.3, -0.25) is 0 Å². The Hall–Kier alpha value is -2.28. The fourth-order valence-electron chi connectivity index (χ4n) is 2.45. The Kier molecular flexibility index (Phi) is 8.16. The molecule has 3 aromatic rings. The molecule has 148 valence electrons. The Labute approximate surface area is 188 Å². The molecular formula is C22H19BrClN3OS. The molecule has 0 unspecified atom stereocenters. The molecule has 0 saturated heterocycles. The number of ether oxygens (including phenoxy) is 1. The molecule has 0 aliphatic heterocycles. The molecule has 0 bridgehead atoms. The van der Waals surface area contributed by atoms with E-state index >= 15 is 0 Å². The summed E-state index contributed by atoms with van der Waals surface area (Å²) in [5.41, 5.74) is 8.92. The lowest BCUT2D eigenvalue weighted by Crippen LogP contribution is -2.06. The van der Waals surface area contributed by atoms with Gasteiger partial charge in [0.1, 0.15) is 12.4 Å². The van der Waals surface area contributed by atoms with Crippen LogP contribution < -0.4 is 10.5 Å². The quantitative estimate of drug-likeness (QED) is 0.242. The van der Waals surface area contributed by atoms with Crippen LogP contribution in [0.4, 0.5) is 0 Å². The van der Waals surface area contributed by atoms with E-state index in [1.807, 2.05) is 60.7 Å². The molecule has 0 aliphatic carbocycles. The standard InChI is InChI=1S/C22H19BrClN3OS/c23-19-9-10-21(28-14-17-7-4-8-20(24)11-17)18(12-19)13-26-27-22(25)29-15-16-5-2-1-3-6-16/h1-13H,14-15H2,(H2,25,27). The molecule has 0 spiro atoms. The van der Waals surface area contributed by atoms with E-state index in [-0.39, 0.29) is 0 Å². The van der Waals surface area contributed by atoms with Gasteiger partial charge in [0.2, 0.25) is 0 Å². The van der Waals surface area contributed by atoms with Crippen LogP contribution in [0.1, 0.15) is 16.7 Å². The zero-order chi connectivity index (χ0) is 20.5. The lowest BCUT2D eigenvalue weighted by molar-refractivity contribution is 0.306. The van der Waals surface area contributed by atoms with Crippen LogP contribution in [-0.2, 0) is 12.4 Å². The van der Waals surface area contributed by atoms with Crippen molar-refractivity contribution in [3.8, 4) is 5.75 Å². The van der Waals surface area contributed by atoms with Crippen molar-refractivity contribution < 1.29 is 4.74 Å². The molecule has 3 aromatic carbocycles. The monoisotopic (exact) mass is 487 g/mol. The molecule has 0 saturated carbocycles. The topological polar surface area (TPSA) is 60.0 Å². The predicted molar refractivity (Wildman–Crippen MR) is 127 cm³/mol. The molecule has 0 aromatic heterocycles. The zero-order valence-electron chi connectivity index (χ0n) is 15.5. The van der Waals surface area contributed by atoms with Crippen molar-refractivity contribution in [2.75, 3.05) is 0 Å². The summed E-state index contributed by atoms with van der Waals surface area (Å²) >= 11 is 10.9. The third-order valence-electron chi connectivity index (χ3n) is 3.84. The Balaban J connectivity index is 1.63. The number of amidine groups is 1. The van der Waals surface area contributed by atoms with Crippen molar-refractivity contribution in [3.63, 3.8) is 0 Å². The van der Waals surface area contributed by atoms with Crippen molar-refractivity contribution in [1.82, 2.24) is 0 Å². The van der Waals surface area contributed by atoms with E-state index in [4.69, 9.17) is 22.1 Å². The van der Waals surface area contributed by atoms with Crippen LogP contribution in [0, 0.1) is 0 Å². The van der Waals surface area contributed by atoms with Gasteiger partial charge in [-0.05, 0) is 41.5 Å². The van der Waals surface area contributed by atoms with Gasteiger partial charge < -0.3 is 10.5 Å². The highest BCUT2D eigenvalue weighted by atomic mass is 79.9. The molecule has 0 heterocycles. The van der Waals surface area contributed by atoms with Crippen LogP contribution in [0.3, 0.4) is 0 Å². The second kappa shape index (κ2) is 11.0. The summed E-state index contributed by atoms with van der Waals surface area (Å²) in [5, 5.41) is 9.28. The summed E-state index contributed by atoms with van der Waals surface area (Å²) < 4.78 is 6.86. The minimum atomic E-state index is 0.404. The lowest BCUT2D eigenvalue weighted by atomic mass is 10.2. The number of nitrogens with two attached hydrogens (primary N) is 1. The first-order valence-corrected chi connectivity index (χ1v) is 11.0. The van der Waals surface area contributed by atoms with Gasteiger partial charge in [0.25, 0.3) is 0 Å². The maximum absolute atomic E-state index is 6.03. The third-order valence-corrected chi connectivity index (χ3v) is 5.42. The van der Waals surface area contributed by atoms with E-state index < -0.39 is 0 Å². The number of benzene rings is 3. The molecule has 0 atom stereocenters. The highest BCUT2D eigenvalue weighted by Crippen LogP contribution is 2.23. The minimum absolute atomic E-state index is 0.404. The number of halogens is 2. The molecule has 2 N–H and O–H groups in total. The maximum Gasteiger partial charge on any atom is 0.180 e. The van der Waals surface area contributed by atoms with Gasteiger partial charge in [-0.25, -0.2) is 0 Å². The van der Waals surface area contributed by atoms with E-state index in [1.54, 1.807) is 6.21 Å². The molecule has 4 nitrogen and oxygen atoms in total. The van der Waals surface area contributed by atoms with Crippen molar-refractivity contribution in [1.29, 1.82) is 0 Å². The molecule has 0 radical (unpaired) electrons. The van der Waals surface area contributed by atoms with Crippen LogP contribution in [0.15, 0.2) is 87.5 Å². The molecule has 7 heteroatoms. The van der Waals surface area contributed by atoms with Crippen LogP contribution in [0.25, 0.3) is 0 Å². The highest BCUT2D eigenvalue weighted by Gasteiger charge is 2.04. The summed E-state index contributed by atoms with van der Waals surface area (Å²) in [5.74, 6) is 1.44. The second-order valence-corrected chi connectivity index (χ2v) is 8.41. The molecule has 3 rings (SSSR count). The summed E-state index contributed by atoms with van der Waals surface area (Å²) in [7, 11) is 0. The van der Waals surface area contributed by atoms with Gasteiger partial charge in [0, 0.05) is 20.8 Å². The zero-order valence-corrected chi connectivity index (χ0v) is 18.6. The first-order valence-electron chi connectivity index (χ1n) is 8.80. The third kappa shape index (κ3) is 7.24. The summed E-state index contributed by atoms with van der Waals surface area (Å²) in [6, 6.07) is 23.4. The summed E-state index contributed by atoms with van der Waals surface area (Å²) in [6.07, 6.45) is 1.63. The van der Waals surface area contributed by atoms with Crippen LogP contribution in [0.5, 0.6) is 5.75 Å². The minimum Gasteiger partial charge on any atom is -0.488 e. The Morgan fingerprint density at radius 2 is 1.83 bits per heavy atom. The predicted octanol–water partition coefficient (Wildman–Crippen LogP) is 6.26. The van der Waals surface area contributed by atoms with Crippen LogP contribution >= 0.6 is 39.3 Å². The van der Waals surface area contributed by atoms with Gasteiger partial charge in [0.05, 0.1) is 6.21 Å². The molecule has 0 fully saturated rings. The van der Waals surface area contributed by atoms with E-state index in [0.717, 1.165) is 21.4 Å². The van der Waals surface area contributed by atoms with Crippen LogP contribution in [-0.4, -0.2) is 11.4 Å². The van der Waals surface area contributed by atoms with E-state index in [1.165, 1.54) is 17.3 Å². The second-order valence-electron chi connectivity index (χ2n) is 6.06. The first kappa shape index (κ1) is 21.4. The fraction of sp³-hybridized carbons (Fsp3) is 0.0909. The van der Waals surface area contributed by atoms with E-state index in [2.05, 4.69) is 38.3 Å². The average molecular weight is 489 g/mol. The van der Waals surface area contributed by atoms with Gasteiger partial charge in [-0.15, -0.1) is 5.10 Å². The van der Waals surface area contributed by atoms with Gasteiger partial charge in [-0.2, -0.15) is 5.10 Å². The molecule has 29 heavy (non-hydrogen) atoms. The van der Waals surface area contributed by atoms with Crippen molar-refractivity contribution in [3.05, 3.63) is 99.0 Å². The van der Waals surface area contributed by atoms with Gasteiger partial charge in [-0.1, -0.05) is 81.8 Å². The average Bonchev–Trinajstić information content (AvgIpc) is 2.72. The van der Waals surface area contributed by atoms with Crippen molar-refractivity contribution in [2.24, 2.45) is 15.9 Å². The first-order chi connectivity index (χ1) is 14.1. The van der Waals surface area contributed by atoms with E-state index in [0.29, 0.717) is 22.5 Å². The van der Waals surface area contributed by atoms with Crippen molar-refractivity contribution in [2.45, 2.75) is 12.4 Å². The van der Waals surface area contributed by atoms with Gasteiger partial charge in [0.15, 0.2) is 5.17 Å². The Morgan fingerprint density at radius 3 is 2.62 bits per heavy atom. The Morgan fingerprint density at radius 1 is 1.03 bits per heavy atom. The molecular weight excluding hydrogens is 470 g/mol. The number of hydrogen-bond donors (Lipinski definition) is 1. The van der Waals surface area contributed by atoms with Crippen molar-refractivity contribution >= 4 is 50.7 Å². The van der Waals surface area contributed by atoms with Gasteiger partial charge >= 0.3 is 0 Å². The number of thioether (sulfide) groups is 1. The summed E-state index contributed by atoms with van der Waals surface area (Å²) in [4.78, 5) is 0. The number of rotatable bonds is 7. The largest absolute Gasteiger partial charge is 0.488 e.